The predicted molar refractivity (Wildman–Crippen MR) is 88.3 cm³/mol. The number of halogens is 1. The van der Waals surface area contributed by atoms with Gasteiger partial charge in [-0.2, -0.15) is 0 Å². The van der Waals surface area contributed by atoms with Crippen LogP contribution in [0.2, 0.25) is 0 Å². The van der Waals surface area contributed by atoms with Gasteiger partial charge in [-0.25, -0.2) is 4.98 Å². The van der Waals surface area contributed by atoms with Crippen LogP contribution in [0.4, 0.5) is 10.8 Å². The average molecular weight is 349 g/mol. The van der Waals surface area contributed by atoms with Crippen molar-refractivity contribution in [2.75, 3.05) is 12.4 Å². The first kappa shape index (κ1) is 13.4. The van der Waals surface area contributed by atoms with E-state index in [1.807, 2.05) is 18.2 Å². The first-order valence-electron chi connectivity index (χ1n) is 6.14. The molecule has 1 N–H and O–H groups in total. The smallest absolute Gasteiger partial charge is 0.188 e. The van der Waals surface area contributed by atoms with E-state index in [1.165, 1.54) is 10.3 Å². The second kappa shape index (κ2) is 5.42. The van der Waals surface area contributed by atoms with Gasteiger partial charge in [0.2, 0.25) is 0 Å². The first-order chi connectivity index (χ1) is 9.67. The van der Waals surface area contributed by atoms with Gasteiger partial charge in [-0.1, -0.05) is 23.5 Å². The number of fused-ring (bicyclic) bond motifs is 1. The third kappa shape index (κ3) is 2.51. The van der Waals surface area contributed by atoms with E-state index in [9.17, 15) is 0 Å². The van der Waals surface area contributed by atoms with Crippen LogP contribution in [0.15, 0.2) is 40.9 Å². The van der Waals surface area contributed by atoms with Crippen LogP contribution in [0.25, 0.3) is 10.2 Å². The van der Waals surface area contributed by atoms with Crippen molar-refractivity contribution >= 4 is 48.3 Å². The molecule has 0 saturated heterocycles. The monoisotopic (exact) mass is 348 g/mol. The zero-order valence-electron chi connectivity index (χ0n) is 11.1. The molecule has 3 rings (SSSR count). The number of hydrogen-bond acceptors (Lipinski definition) is 4. The Hall–Kier alpha value is -1.59. The van der Waals surface area contributed by atoms with E-state index in [1.54, 1.807) is 18.4 Å². The van der Waals surface area contributed by atoms with Crippen molar-refractivity contribution in [2.45, 2.75) is 6.92 Å². The second-order valence-electron chi connectivity index (χ2n) is 4.41. The van der Waals surface area contributed by atoms with E-state index in [4.69, 9.17) is 4.74 Å². The van der Waals surface area contributed by atoms with E-state index < -0.39 is 0 Å². The summed E-state index contributed by atoms with van der Waals surface area (Å²) >= 11 is 5.14. The van der Waals surface area contributed by atoms with Crippen LogP contribution in [0.1, 0.15) is 5.56 Å². The SMILES string of the molecule is COc1ccc(Nc2nc3c(C)cccc3s2)cc1Br. The molecule has 0 saturated carbocycles. The molecule has 2 aromatic carbocycles. The van der Waals surface area contributed by atoms with Crippen LogP contribution in [0.5, 0.6) is 5.75 Å². The summed E-state index contributed by atoms with van der Waals surface area (Å²) in [6.45, 7) is 2.08. The van der Waals surface area contributed by atoms with Gasteiger partial charge in [0.15, 0.2) is 5.13 Å². The van der Waals surface area contributed by atoms with Gasteiger partial charge in [0.1, 0.15) is 5.75 Å². The maximum atomic E-state index is 5.23. The lowest BCUT2D eigenvalue weighted by molar-refractivity contribution is 0.412. The van der Waals surface area contributed by atoms with Crippen molar-refractivity contribution in [3.63, 3.8) is 0 Å². The Morgan fingerprint density at radius 3 is 2.80 bits per heavy atom. The van der Waals surface area contributed by atoms with Crippen molar-refractivity contribution in [2.24, 2.45) is 0 Å². The number of anilines is 2. The molecule has 1 aromatic heterocycles. The van der Waals surface area contributed by atoms with Crippen molar-refractivity contribution < 1.29 is 4.74 Å². The van der Waals surface area contributed by atoms with Crippen LogP contribution in [-0.4, -0.2) is 12.1 Å². The number of nitrogens with one attached hydrogen (secondary N) is 1. The zero-order chi connectivity index (χ0) is 14.1. The molecule has 0 spiro atoms. The second-order valence-corrected chi connectivity index (χ2v) is 6.30. The number of hydrogen-bond donors (Lipinski definition) is 1. The van der Waals surface area contributed by atoms with Crippen LogP contribution in [0.3, 0.4) is 0 Å². The Balaban J connectivity index is 1.93. The molecular formula is C15H13BrN2OS. The number of benzene rings is 2. The van der Waals surface area contributed by atoms with Crippen molar-refractivity contribution in [3.05, 3.63) is 46.4 Å². The molecule has 0 unspecified atom stereocenters. The minimum atomic E-state index is 0.815. The topological polar surface area (TPSA) is 34.1 Å². The number of thiazole rings is 1. The van der Waals surface area contributed by atoms with Gasteiger partial charge in [-0.05, 0) is 52.7 Å². The molecular weight excluding hydrogens is 336 g/mol. The molecule has 0 aliphatic rings. The van der Waals surface area contributed by atoms with Gasteiger partial charge in [-0.3, -0.25) is 0 Å². The molecule has 0 radical (unpaired) electrons. The van der Waals surface area contributed by atoms with Crippen LogP contribution in [0, 0.1) is 6.92 Å². The number of methoxy groups -OCH3 is 1. The van der Waals surface area contributed by atoms with Crippen molar-refractivity contribution in [1.29, 1.82) is 0 Å². The molecule has 5 heteroatoms. The number of rotatable bonds is 3. The largest absolute Gasteiger partial charge is 0.496 e. The normalized spacial score (nSPS) is 10.8. The third-order valence-corrected chi connectivity index (χ3v) is 4.58. The highest BCUT2D eigenvalue weighted by Crippen LogP contribution is 2.32. The van der Waals surface area contributed by atoms with E-state index in [0.29, 0.717) is 0 Å². The number of aryl methyl sites for hydroxylation is 1. The summed E-state index contributed by atoms with van der Waals surface area (Å²) < 4.78 is 7.34. The fourth-order valence-corrected chi connectivity index (χ4v) is 3.51. The first-order valence-corrected chi connectivity index (χ1v) is 7.75. The summed E-state index contributed by atoms with van der Waals surface area (Å²) in [7, 11) is 1.66. The fraction of sp³-hybridized carbons (Fsp3) is 0.133. The fourth-order valence-electron chi connectivity index (χ4n) is 2.01. The molecule has 0 fully saturated rings. The highest BCUT2D eigenvalue weighted by Gasteiger charge is 2.07. The molecule has 1 heterocycles. The van der Waals surface area contributed by atoms with Gasteiger partial charge in [0.25, 0.3) is 0 Å². The molecule has 0 amide bonds. The molecule has 102 valence electrons. The predicted octanol–water partition coefficient (Wildman–Crippen LogP) is 5.12. The molecule has 3 aromatic rings. The summed E-state index contributed by atoms with van der Waals surface area (Å²) in [4.78, 5) is 4.64. The van der Waals surface area contributed by atoms with Crippen molar-refractivity contribution in [1.82, 2.24) is 4.98 Å². The Labute approximate surface area is 129 Å². The third-order valence-electron chi connectivity index (χ3n) is 3.02. The van der Waals surface area contributed by atoms with Gasteiger partial charge in [0.05, 0.1) is 21.8 Å². The Bertz CT molecular complexity index is 770. The maximum Gasteiger partial charge on any atom is 0.188 e. The maximum absolute atomic E-state index is 5.23. The standard InChI is InChI=1S/C15H13BrN2OS/c1-9-4-3-5-13-14(9)18-15(20-13)17-10-6-7-12(19-2)11(16)8-10/h3-8H,1-2H3,(H,17,18). The van der Waals surface area contributed by atoms with Crippen LogP contribution in [-0.2, 0) is 0 Å². The number of ether oxygens (including phenoxy) is 1. The lowest BCUT2D eigenvalue weighted by Gasteiger charge is -2.06. The molecule has 0 aliphatic heterocycles. The number of nitrogens with zero attached hydrogens (tertiary/aromatic N) is 1. The summed E-state index contributed by atoms with van der Waals surface area (Å²) in [6.07, 6.45) is 0. The van der Waals surface area contributed by atoms with E-state index >= 15 is 0 Å². The number of para-hydroxylation sites is 1. The Morgan fingerprint density at radius 1 is 1.25 bits per heavy atom. The molecule has 3 nitrogen and oxygen atoms in total. The quantitative estimate of drug-likeness (QED) is 0.713. The summed E-state index contributed by atoms with van der Waals surface area (Å²) in [5.74, 6) is 0.815. The highest BCUT2D eigenvalue weighted by atomic mass is 79.9. The summed E-state index contributed by atoms with van der Waals surface area (Å²) in [6, 6.07) is 12.1. The Morgan fingerprint density at radius 2 is 2.10 bits per heavy atom. The van der Waals surface area contributed by atoms with E-state index in [-0.39, 0.29) is 0 Å². The van der Waals surface area contributed by atoms with Crippen molar-refractivity contribution in [3.8, 4) is 5.75 Å². The van der Waals surface area contributed by atoms with Gasteiger partial charge < -0.3 is 10.1 Å². The number of aromatic nitrogens is 1. The minimum absolute atomic E-state index is 0.815. The van der Waals surface area contributed by atoms with Gasteiger partial charge in [-0.15, -0.1) is 0 Å². The van der Waals surface area contributed by atoms with Gasteiger partial charge in [0, 0.05) is 5.69 Å². The van der Waals surface area contributed by atoms with E-state index in [2.05, 4.69) is 51.4 Å². The van der Waals surface area contributed by atoms with Gasteiger partial charge >= 0.3 is 0 Å². The van der Waals surface area contributed by atoms with Crippen LogP contribution < -0.4 is 10.1 Å². The minimum Gasteiger partial charge on any atom is -0.496 e. The summed E-state index contributed by atoms with van der Waals surface area (Å²) in [5, 5.41) is 4.23. The molecule has 20 heavy (non-hydrogen) atoms. The molecule has 0 aliphatic carbocycles. The highest BCUT2D eigenvalue weighted by molar-refractivity contribution is 9.10. The zero-order valence-corrected chi connectivity index (χ0v) is 13.5. The van der Waals surface area contributed by atoms with Crippen LogP contribution >= 0.6 is 27.3 Å². The Kier molecular flexibility index (Phi) is 3.63. The molecule has 0 bridgehead atoms. The lowest BCUT2D eigenvalue weighted by atomic mass is 10.2. The lowest BCUT2D eigenvalue weighted by Crippen LogP contribution is -1.91. The van der Waals surface area contributed by atoms with E-state index in [0.717, 1.165) is 26.6 Å². The summed E-state index contributed by atoms with van der Waals surface area (Å²) in [5.41, 5.74) is 3.24. The average Bonchev–Trinajstić information content (AvgIpc) is 2.83. The molecule has 0 atom stereocenters.